The molecular formula is C19H21ClN2O3S. The van der Waals surface area contributed by atoms with E-state index in [1.54, 1.807) is 55.1 Å². The third-order valence-corrected chi connectivity index (χ3v) is 6.27. The summed E-state index contributed by atoms with van der Waals surface area (Å²) in [6, 6.07) is 11.9. The molecule has 0 saturated carbocycles. The lowest BCUT2D eigenvalue weighted by Crippen LogP contribution is -2.36. The number of carbonyl (C=O) groups excluding carboxylic acids is 1. The van der Waals surface area contributed by atoms with Gasteiger partial charge >= 0.3 is 0 Å². The number of hydrogen-bond donors (Lipinski definition) is 1. The summed E-state index contributed by atoms with van der Waals surface area (Å²) in [5.41, 5.74) is 2.38. The first kappa shape index (κ1) is 18.9. The van der Waals surface area contributed by atoms with Crippen LogP contribution in [-0.4, -0.2) is 31.8 Å². The van der Waals surface area contributed by atoms with Crippen molar-refractivity contribution in [2.75, 3.05) is 6.54 Å². The van der Waals surface area contributed by atoms with E-state index >= 15 is 0 Å². The van der Waals surface area contributed by atoms with E-state index in [0.29, 0.717) is 30.1 Å². The lowest BCUT2D eigenvalue weighted by Gasteiger charge is -2.29. The Balaban J connectivity index is 1.87. The molecule has 3 rings (SSSR count). The van der Waals surface area contributed by atoms with E-state index < -0.39 is 10.0 Å². The maximum absolute atomic E-state index is 12.8. The number of nitrogens with zero attached hydrogens (tertiary/aromatic N) is 1. The van der Waals surface area contributed by atoms with Gasteiger partial charge in [0.15, 0.2) is 0 Å². The zero-order valence-corrected chi connectivity index (χ0v) is 16.3. The van der Waals surface area contributed by atoms with Crippen molar-refractivity contribution in [3.8, 4) is 0 Å². The number of nitrogens with one attached hydrogen (secondary N) is 1. The zero-order valence-electron chi connectivity index (χ0n) is 14.7. The Labute approximate surface area is 159 Å². The predicted octanol–water partition coefficient (Wildman–Crippen LogP) is 3.23. The van der Waals surface area contributed by atoms with E-state index in [1.165, 1.54) is 0 Å². The molecule has 1 N–H and O–H groups in total. The first-order valence-electron chi connectivity index (χ1n) is 8.46. The minimum atomic E-state index is -3.56. The SMILES string of the molecule is CC(C)NS(=O)(=O)c1ccc2c(c1)CN(C(=O)c1ccccc1Cl)CC2. The molecule has 7 heteroatoms. The maximum atomic E-state index is 12.8. The molecule has 1 heterocycles. The molecule has 2 aromatic rings. The quantitative estimate of drug-likeness (QED) is 0.868. The van der Waals surface area contributed by atoms with E-state index in [1.807, 2.05) is 6.07 Å². The number of hydrogen-bond acceptors (Lipinski definition) is 3. The van der Waals surface area contributed by atoms with Crippen LogP contribution in [0.1, 0.15) is 35.3 Å². The lowest BCUT2D eigenvalue weighted by atomic mass is 9.99. The van der Waals surface area contributed by atoms with Crippen molar-refractivity contribution in [3.05, 3.63) is 64.2 Å². The standard InChI is InChI=1S/C19H21ClN2O3S/c1-13(2)21-26(24,25)16-8-7-14-9-10-22(12-15(14)11-16)19(23)17-5-3-4-6-18(17)20/h3-8,11,13,21H,9-10,12H2,1-2H3. The van der Waals surface area contributed by atoms with Crippen molar-refractivity contribution in [3.63, 3.8) is 0 Å². The molecule has 0 fully saturated rings. The third kappa shape index (κ3) is 3.92. The average molecular weight is 393 g/mol. The summed E-state index contributed by atoms with van der Waals surface area (Å²) < 4.78 is 27.4. The Kier molecular flexibility index (Phi) is 5.37. The van der Waals surface area contributed by atoms with E-state index in [-0.39, 0.29) is 16.8 Å². The van der Waals surface area contributed by atoms with E-state index in [0.717, 1.165) is 11.1 Å². The minimum absolute atomic E-state index is 0.144. The number of benzene rings is 2. The summed E-state index contributed by atoms with van der Waals surface area (Å²) in [5.74, 6) is -0.144. The van der Waals surface area contributed by atoms with Gasteiger partial charge in [0.25, 0.3) is 5.91 Å². The second-order valence-corrected chi connectivity index (χ2v) is 8.78. The number of amides is 1. The van der Waals surface area contributed by atoms with Gasteiger partial charge < -0.3 is 4.90 Å². The van der Waals surface area contributed by atoms with Crippen LogP contribution in [-0.2, 0) is 23.0 Å². The minimum Gasteiger partial charge on any atom is -0.334 e. The molecule has 138 valence electrons. The van der Waals surface area contributed by atoms with Gasteiger partial charge in [-0.1, -0.05) is 29.8 Å². The predicted molar refractivity (Wildman–Crippen MR) is 102 cm³/mol. The monoisotopic (exact) mass is 392 g/mol. The molecule has 0 bridgehead atoms. The van der Waals surface area contributed by atoms with E-state index in [4.69, 9.17) is 11.6 Å². The van der Waals surface area contributed by atoms with Crippen LogP contribution in [0.5, 0.6) is 0 Å². The summed E-state index contributed by atoms with van der Waals surface area (Å²) in [5, 5.41) is 0.417. The van der Waals surface area contributed by atoms with Crippen molar-refractivity contribution < 1.29 is 13.2 Å². The van der Waals surface area contributed by atoms with E-state index in [9.17, 15) is 13.2 Å². The number of sulfonamides is 1. The number of halogens is 1. The van der Waals surface area contributed by atoms with Crippen LogP contribution >= 0.6 is 11.6 Å². The molecule has 5 nitrogen and oxygen atoms in total. The summed E-state index contributed by atoms with van der Waals surface area (Å²) in [4.78, 5) is 14.7. The second-order valence-electron chi connectivity index (χ2n) is 6.66. The van der Waals surface area contributed by atoms with Crippen molar-refractivity contribution >= 4 is 27.5 Å². The number of carbonyl (C=O) groups is 1. The average Bonchev–Trinajstić information content (AvgIpc) is 2.59. The van der Waals surface area contributed by atoms with Crippen LogP contribution < -0.4 is 4.72 Å². The number of fused-ring (bicyclic) bond motifs is 1. The van der Waals surface area contributed by atoms with Gasteiger partial charge in [0.2, 0.25) is 10.0 Å². The maximum Gasteiger partial charge on any atom is 0.255 e. The molecule has 1 amide bonds. The van der Waals surface area contributed by atoms with Crippen LogP contribution in [0.2, 0.25) is 5.02 Å². The Morgan fingerprint density at radius 2 is 1.88 bits per heavy atom. The molecule has 0 atom stereocenters. The Hall–Kier alpha value is -1.89. The van der Waals surface area contributed by atoms with Gasteiger partial charge in [0, 0.05) is 19.1 Å². The summed E-state index contributed by atoms with van der Waals surface area (Å²) in [6.07, 6.45) is 0.684. The van der Waals surface area contributed by atoms with E-state index in [2.05, 4.69) is 4.72 Å². The molecule has 0 unspecified atom stereocenters. The second kappa shape index (κ2) is 7.39. The molecule has 1 aliphatic heterocycles. The van der Waals surface area contributed by atoms with Gasteiger partial charge in [-0.05, 0) is 55.7 Å². The highest BCUT2D eigenvalue weighted by Gasteiger charge is 2.25. The molecule has 0 saturated heterocycles. The van der Waals surface area contributed by atoms with Crippen LogP contribution in [0.4, 0.5) is 0 Å². The van der Waals surface area contributed by atoms with Crippen LogP contribution in [0.3, 0.4) is 0 Å². The summed E-state index contributed by atoms with van der Waals surface area (Å²) in [6.45, 7) is 4.50. The fourth-order valence-corrected chi connectivity index (χ4v) is 4.58. The van der Waals surface area contributed by atoms with Crippen molar-refractivity contribution in [1.82, 2.24) is 9.62 Å². The topological polar surface area (TPSA) is 66.5 Å². The van der Waals surface area contributed by atoms with Crippen LogP contribution in [0.15, 0.2) is 47.4 Å². The van der Waals surface area contributed by atoms with Gasteiger partial charge in [0.05, 0.1) is 15.5 Å². The lowest BCUT2D eigenvalue weighted by molar-refractivity contribution is 0.0735. The Morgan fingerprint density at radius 1 is 1.15 bits per heavy atom. The normalized spacial score (nSPS) is 14.4. The van der Waals surface area contributed by atoms with Gasteiger partial charge in [-0.25, -0.2) is 13.1 Å². The van der Waals surface area contributed by atoms with Crippen molar-refractivity contribution in [2.45, 2.75) is 37.8 Å². The fourth-order valence-electron chi connectivity index (χ4n) is 3.06. The first-order chi connectivity index (χ1) is 12.3. The summed E-state index contributed by atoms with van der Waals surface area (Å²) >= 11 is 6.14. The molecule has 0 radical (unpaired) electrons. The summed E-state index contributed by atoms with van der Waals surface area (Å²) in [7, 11) is -3.56. The van der Waals surface area contributed by atoms with Crippen LogP contribution in [0, 0.1) is 0 Å². The fraction of sp³-hybridized carbons (Fsp3) is 0.316. The highest BCUT2D eigenvalue weighted by molar-refractivity contribution is 7.89. The zero-order chi connectivity index (χ0) is 18.9. The smallest absolute Gasteiger partial charge is 0.255 e. The first-order valence-corrected chi connectivity index (χ1v) is 10.3. The van der Waals surface area contributed by atoms with Gasteiger partial charge in [-0.3, -0.25) is 4.79 Å². The molecule has 1 aliphatic rings. The van der Waals surface area contributed by atoms with Crippen LogP contribution in [0.25, 0.3) is 0 Å². The molecule has 26 heavy (non-hydrogen) atoms. The van der Waals surface area contributed by atoms with Crippen molar-refractivity contribution in [1.29, 1.82) is 0 Å². The molecule has 0 spiro atoms. The third-order valence-electron chi connectivity index (χ3n) is 4.28. The molecule has 2 aromatic carbocycles. The largest absolute Gasteiger partial charge is 0.334 e. The number of rotatable bonds is 4. The highest BCUT2D eigenvalue weighted by atomic mass is 35.5. The van der Waals surface area contributed by atoms with Crippen molar-refractivity contribution in [2.24, 2.45) is 0 Å². The molecular weight excluding hydrogens is 372 g/mol. The van der Waals surface area contributed by atoms with Gasteiger partial charge in [-0.15, -0.1) is 0 Å². The van der Waals surface area contributed by atoms with Gasteiger partial charge in [-0.2, -0.15) is 0 Å². The molecule has 0 aliphatic carbocycles. The molecule has 0 aromatic heterocycles. The highest BCUT2D eigenvalue weighted by Crippen LogP contribution is 2.25. The Bertz CT molecular complexity index is 942. The van der Waals surface area contributed by atoms with Gasteiger partial charge in [0.1, 0.15) is 0 Å². The Morgan fingerprint density at radius 3 is 2.58 bits per heavy atom.